The second-order valence-corrected chi connectivity index (χ2v) is 8.00. The Labute approximate surface area is 186 Å². The molecule has 0 saturated heterocycles. The van der Waals surface area contributed by atoms with Crippen LogP contribution in [-0.2, 0) is 30.5 Å². The number of aliphatic carboxylic acids is 1. The van der Waals surface area contributed by atoms with E-state index in [1.807, 2.05) is 0 Å². The summed E-state index contributed by atoms with van der Waals surface area (Å²) in [5.41, 5.74) is 3.69. The number of nitrogens with one attached hydrogen (secondary N) is 1. The van der Waals surface area contributed by atoms with E-state index in [2.05, 4.69) is 32.4 Å². The minimum atomic E-state index is -0.893. The van der Waals surface area contributed by atoms with Gasteiger partial charge in [0.25, 0.3) is 0 Å². The molecule has 0 radical (unpaired) electrons. The third-order valence-corrected chi connectivity index (χ3v) is 5.63. The van der Waals surface area contributed by atoms with Gasteiger partial charge in [0.05, 0.1) is 13.0 Å². The first-order valence-electron chi connectivity index (χ1n) is 10.8. The van der Waals surface area contributed by atoms with Crippen molar-refractivity contribution >= 4 is 17.5 Å². The molecule has 8 heteroatoms. The highest BCUT2D eigenvalue weighted by Crippen LogP contribution is 2.26. The number of nitrogens with zero attached hydrogens (tertiary/aromatic N) is 4. The first kappa shape index (κ1) is 21.5. The van der Waals surface area contributed by atoms with Gasteiger partial charge in [0.1, 0.15) is 5.82 Å². The summed E-state index contributed by atoms with van der Waals surface area (Å²) >= 11 is 0. The van der Waals surface area contributed by atoms with Crippen LogP contribution in [0.4, 0.5) is 11.5 Å². The number of hydrogen-bond donors (Lipinski definition) is 2. The minimum Gasteiger partial charge on any atom is -0.481 e. The molecule has 1 atom stereocenters. The number of aryl methyl sites for hydroxylation is 3. The second-order valence-electron chi connectivity index (χ2n) is 8.00. The van der Waals surface area contributed by atoms with Gasteiger partial charge >= 0.3 is 5.97 Å². The molecule has 1 aliphatic rings. The molecule has 164 valence electrons. The van der Waals surface area contributed by atoms with Crippen molar-refractivity contribution in [1.29, 1.82) is 0 Å². The van der Waals surface area contributed by atoms with E-state index in [0.717, 1.165) is 49.3 Å². The topological polar surface area (TPSA) is 106 Å². The Hall–Kier alpha value is -3.73. The van der Waals surface area contributed by atoms with Crippen molar-refractivity contribution in [3.05, 3.63) is 76.4 Å². The van der Waals surface area contributed by atoms with Crippen molar-refractivity contribution in [3.8, 4) is 0 Å². The van der Waals surface area contributed by atoms with Gasteiger partial charge in [-0.2, -0.15) is 4.98 Å². The Morgan fingerprint density at radius 3 is 2.81 bits per heavy atom. The quantitative estimate of drug-likeness (QED) is 0.485. The third kappa shape index (κ3) is 5.49. The maximum atomic E-state index is 11.3. The van der Waals surface area contributed by atoms with Gasteiger partial charge in [-0.25, -0.2) is 9.83 Å². The Morgan fingerprint density at radius 1 is 1.19 bits per heavy atom. The molecule has 0 saturated carbocycles. The van der Waals surface area contributed by atoms with Gasteiger partial charge in [-0.15, -0.1) is 0 Å². The molecule has 1 aromatic carbocycles. The number of carboxylic acid groups (broad SMARTS) is 1. The predicted octanol–water partition coefficient (Wildman–Crippen LogP) is 4.35. The van der Waals surface area contributed by atoms with Gasteiger partial charge in [0.15, 0.2) is 11.5 Å². The van der Waals surface area contributed by atoms with Gasteiger partial charge in [-0.1, -0.05) is 35.5 Å². The zero-order valence-corrected chi connectivity index (χ0v) is 17.8. The average Bonchev–Trinajstić information content (AvgIpc) is 3.25. The molecule has 0 aliphatic carbocycles. The molecular formula is C24H25N5O3. The van der Waals surface area contributed by atoms with Gasteiger partial charge in [0.2, 0.25) is 5.89 Å². The Kier molecular flexibility index (Phi) is 6.75. The summed E-state index contributed by atoms with van der Waals surface area (Å²) in [6.45, 7) is 8.03. The molecule has 4 rings (SSSR count). The summed E-state index contributed by atoms with van der Waals surface area (Å²) in [5, 5.41) is 16.7. The van der Waals surface area contributed by atoms with Crippen molar-refractivity contribution in [2.75, 3.05) is 11.9 Å². The van der Waals surface area contributed by atoms with Gasteiger partial charge in [-0.05, 0) is 42.9 Å². The van der Waals surface area contributed by atoms with Gasteiger partial charge < -0.3 is 14.9 Å². The fraction of sp³-hybridized carbons (Fsp3) is 0.375. The van der Waals surface area contributed by atoms with Crippen molar-refractivity contribution in [3.63, 3.8) is 0 Å². The van der Waals surface area contributed by atoms with Gasteiger partial charge in [-0.3, -0.25) is 4.79 Å². The molecule has 3 aromatic rings. The maximum absolute atomic E-state index is 11.3. The average molecular weight is 431 g/mol. The first-order chi connectivity index (χ1) is 15.6. The van der Waals surface area contributed by atoms with E-state index in [0.29, 0.717) is 30.2 Å². The van der Waals surface area contributed by atoms with Crippen LogP contribution in [0.2, 0.25) is 0 Å². The summed E-state index contributed by atoms with van der Waals surface area (Å²) in [7, 11) is 0. The number of hydrogen-bond acceptors (Lipinski definition) is 6. The van der Waals surface area contributed by atoms with Gasteiger partial charge in [0, 0.05) is 31.0 Å². The van der Waals surface area contributed by atoms with Crippen molar-refractivity contribution in [2.45, 2.75) is 50.9 Å². The molecule has 0 bridgehead atoms. The van der Waals surface area contributed by atoms with Crippen molar-refractivity contribution in [1.82, 2.24) is 15.1 Å². The summed E-state index contributed by atoms with van der Waals surface area (Å²) in [6, 6.07) is 11.2. The lowest BCUT2D eigenvalue weighted by Crippen LogP contribution is -2.14. The summed E-state index contributed by atoms with van der Waals surface area (Å²) in [6.07, 6.45) is 4.86. The highest BCUT2D eigenvalue weighted by molar-refractivity contribution is 5.68. The van der Waals surface area contributed by atoms with Crippen LogP contribution in [0.25, 0.3) is 4.85 Å². The van der Waals surface area contributed by atoms with Crippen molar-refractivity contribution < 1.29 is 14.4 Å². The van der Waals surface area contributed by atoms with Crippen LogP contribution < -0.4 is 5.32 Å². The van der Waals surface area contributed by atoms with E-state index in [-0.39, 0.29) is 12.3 Å². The number of benzene rings is 1. The largest absolute Gasteiger partial charge is 0.481 e. The lowest BCUT2D eigenvalue weighted by atomic mass is 9.92. The maximum Gasteiger partial charge on any atom is 0.303 e. The smallest absolute Gasteiger partial charge is 0.303 e. The van der Waals surface area contributed by atoms with Crippen molar-refractivity contribution in [2.24, 2.45) is 0 Å². The molecule has 0 fully saturated rings. The normalized spacial score (nSPS) is 13.6. The van der Waals surface area contributed by atoms with E-state index < -0.39 is 5.97 Å². The fourth-order valence-corrected chi connectivity index (χ4v) is 3.96. The van der Waals surface area contributed by atoms with E-state index in [4.69, 9.17) is 16.1 Å². The number of aromatic nitrogens is 3. The van der Waals surface area contributed by atoms with Crippen LogP contribution in [0.1, 0.15) is 53.7 Å². The van der Waals surface area contributed by atoms with Crippen LogP contribution in [0.5, 0.6) is 0 Å². The highest BCUT2D eigenvalue weighted by Gasteiger charge is 2.20. The molecular weight excluding hydrogens is 406 g/mol. The zero-order chi connectivity index (χ0) is 22.3. The number of carboxylic acids is 1. The molecule has 0 spiro atoms. The Bertz CT molecular complexity index is 1120. The summed E-state index contributed by atoms with van der Waals surface area (Å²) in [5.74, 6) is 0.860. The standard InChI is InChI=1S/C24H25N5O3/c1-25-19-10-7-16(8-11-19)18(15-23(30)31)14-22-28-21(29-32-22)6-2-5-20-12-9-17-4-3-13-26-24(17)27-20/h7-12,18H,2-6,13-15H2,(H,26,27)(H,30,31). The first-order valence-corrected chi connectivity index (χ1v) is 10.8. The van der Waals surface area contributed by atoms with Crippen LogP contribution in [0.3, 0.4) is 0 Å². The molecule has 1 aliphatic heterocycles. The van der Waals surface area contributed by atoms with E-state index >= 15 is 0 Å². The molecule has 32 heavy (non-hydrogen) atoms. The SMILES string of the molecule is [C-]#[N+]c1ccc(C(CC(=O)O)Cc2nc(CCCc3ccc4c(n3)NCCC4)no2)cc1. The number of rotatable bonds is 9. The Balaban J connectivity index is 1.34. The van der Waals surface area contributed by atoms with E-state index in [1.54, 1.807) is 24.3 Å². The summed E-state index contributed by atoms with van der Waals surface area (Å²) in [4.78, 5) is 23.9. The highest BCUT2D eigenvalue weighted by atomic mass is 16.5. The van der Waals surface area contributed by atoms with Crippen LogP contribution in [0.15, 0.2) is 40.9 Å². The molecule has 2 N–H and O–H groups in total. The number of carbonyl (C=O) groups is 1. The zero-order valence-electron chi connectivity index (χ0n) is 17.8. The van der Waals surface area contributed by atoms with Crippen LogP contribution in [-0.4, -0.2) is 32.7 Å². The number of pyridine rings is 1. The molecule has 1 unspecified atom stereocenters. The number of anilines is 1. The minimum absolute atomic E-state index is 0.0485. The Morgan fingerprint density at radius 2 is 2.03 bits per heavy atom. The fourth-order valence-electron chi connectivity index (χ4n) is 3.96. The summed E-state index contributed by atoms with van der Waals surface area (Å²) < 4.78 is 5.39. The monoisotopic (exact) mass is 431 g/mol. The second kappa shape index (κ2) is 10.1. The lowest BCUT2D eigenvalue weighted by molar-refractivity contribution is -0.137. The molecule has 8 nitrogen and oxygen atoms in total. The lowest BCUT2D eigenvalue weighted by Gasteiger charge is -2.17. The predicted molar refractivity (Wildman–Crippen MR) is 119 cm³/mol. The molecule has 2 aromatic heterocycles. The van der Waals surface area contributed by atoms with Crippen LogP contribution in [0, 0.1) is 6.57 Å². The van der Waals surface area contributed by atoms with E-state index in [1.165, 1.54) is 5.56 Å². The van der Waals surface area contributed by atoms with E-state index in [9.17, 15) is 9.90 Å². The molecule has 0 amide bonds. The molecule has 3 heterocycles. The van der Waals surface area contributed by atoms with Crippen LogP contribution >= 0.6 is 0 Å². The number of fused-ring (bicyclic) bond motifs is 1. The third-order valence-electron chi connectivity index (χ3n) is 5.63.